The number of rotatable bonds is 7. The molecule has 0 fully saturated rings. The van der Waals surface area contributed by atoms with Crippen molar-refractivity contribution in [2.45, 2.75) is 46.2 Å². The number of nitrogens with zero attached hydrogens (tertiary/aromatic N) is 1. The van der Waals surface area contributed by atoms with Crippen LogP contribution in [0.25, 0.3) is 0 Å². The fourth-order valence-corrected chi connectivity index (χ4v) is 1.56. The summed E-state index contributed by atoms with van der Waals surface area (Å²) in [6.07, 6.45) is 0.620. The summed E-state index contributed by atoms with van der Waals surface area (Å²) in [5.41, 5.74) is 5.07. The molecule has 0 spiro atoms. The molecule has 0 saturated carbocycles. The Bertz CT molecular complexity index is 344. The second-order valence-corrected chi connectivity index (χ2v) is 4.84. The van der Waals surface area contributed by atoms with Gasteiger partial charge in [0.1, 0.15) is 12.6 Å². The van der Waals surface area contributed by atoms with Crippen molar-refractivity contribution in [3.63, 3.8) is 0 Å². The third kappa shape index (κ3) is 5.58. The summed E-state index contributed by atoms with van der Waals surface area (Å²) in [5, 5.41) is 11.5. The van der Waals surface area contributed by atoms with E-state index in [-0.39, 0.29) is 18.5 Å². The lowest BCUT2D eigenvalue weighted by atomic mass is 9.99. The van der Waals surface area contributed by atoms with Crippen LogP contribution in [-0.4, -0.2) is 46.5 Å². The Morgan fingerprint density at radius 1 is 1.26 bits per heavy atom. The van der Waals surface area contributed by atoms with E-state index >= 15 is 0 Å². The summed E-state index contributed by atoms with van der Waals surface area (Å²) in [6.45, 7) is 6.79. The molecule has 2 atom stereocenters. The first-order valence-electron chi connectivity index (χ1n) is 6.28. The number of hydrogen-bond acceptors (Lipinski definition) is 3. The van der Waals surface area contributed by atoms with E-state index in [0.29, 0.717) is 6.42 Å². The Morgan fingerprint density at radius 3 is 2.11 bits per heavy atom. The molecular weight excluding hydrogens is 250 g/mol. The van der Waals surface area contributed by atoms with Gasteiger partial charge in [0, 0.05) is 6.04 Å². The van der Waals surface area contributed by atoms with E-state index in [1.165, 1.54) is 4.90 Å². The summed E-state index contributed by atoms with van der Waals surface area (Å²) in [6, 6.07) is -1.83. The van der Waals surface area contributed by atoms with E-state index in [9.17, 15) is 14.4 Å². The summed E-state index contributed by atoms with van der Waals surface area (Å²) < 4.78 is 0. The van der Waals surface area contributed by atoms with Gasteiger partial charge >= 0.3 is 12.0 Å². The molecule has 2 unspecified atom stereocenters. The lowest BCUT2D eigenvalue weighted by molar-refractivity contribution is -0.140. The second-order valence-electron chi connectivity index (χ2n) is 4.84. The number of nitrogens with two attached hydrogens (primary N) is 1. The zero-order chi connectivity index (χ0) is 15.2. The van der Waals surface area contributed by atoms with Crippen LogP contribution in [0.4, 0.5) is 4.79 Å². The largest absolute Gasteiger partial charge is 0.480 e. The number of nitrogens with one attached hydrogen (secondary N) is 1. The van der Waals surface area contributed by atoms with Gasteiger partial charge in [0.15, 0.2) is 0 Å². The second kappa shape index (κ2) is 7.60. The van der Waals surface area contributed by atoms with E-state index in [0.717, 1.165) is 0 Å². The minimum atomic E-state index is -1.09. The van der Waals surface area contributed by atoms with Crippen LogP contribution < -0.4 is 11.1 Å². The maximum Gasteiger partial charge on any atom is 0.326 e. The third-order valence-electron chi connectivity index (χ3n) is 2.97. The van der Waals surface area contributed by atoms with Crippen LogP contribution in [0.15, 0.2) is 0 Å². The van der Waals surface area contributed by atoms with Crippen molar-refractivity contribution in [1.82, 2.24) is 10.2 Å². The van der Waals surface area contributed by atoms with Gasteiger partial charge in [-0.15, -0.1) is 0 Å². The van der Waals surface area contributed by atoms with Crippen LogP contribution in [0, 0.1) is 5.92 Å². The number of hydrogen-bond donors (Lipinski definition) is 3. The quantitative estimate of drug-likeness (QED) is 0.622. The Kier molecular flexibility index (Phi) is 6.89. The van der Waals surface area contributed by atoms with Gasteiger partial charge in [0.25, 0.3) is 0 Å². The Labute approximate surface area is 113 Å². The topological polar surface area (TPSA) is 113 Å². The van der Waals surface area contributed by atoms with Gasteiger partial charge in [-0.3, -0.25) is 4.79 Å². The fraction of sp³-hybridized carbons (Fsp3) is 0.750. The van der Waals surface area contributed by atoms with Crippen LogP contribution in [0.3, 0.4) is 0 Å². The van der Waals surface area contributed by atoms with Gasteiger partial charge in [-0.2, -0.15) is 0 Å². The molecule has 0 aliphatic rings. The van der Waals surface area contributed by atoms with Crippen molar-refractivity contribution in [3.05, 3.63) is 0 Å². The fourth-order valence-electron chi connectivity index (χ4n) is 1.56. The highest BCUT2D eigenvalue weighted by atomic mass is 16.4. The molecule has 4 N–H and O–H groups in total. The highest BCUT2D eigenvalue weighted by Crippen LogP contribution is 2.09. The first-order chi connectivity index (χ1) is 8.70. The molecule has 110 valence electrons. The van der Waals surface area contributed by atoms with Crippen molar-refractivity contribution >= 4 is 17.9 Å². The van der Waals surface area contributed by atoms with Crippen LogP contribution in [-0.2, 0) is 9.59 Å². The van der Waals surface area contributed by atoms with Gasteiger partial charge in [0.05, 0.1) is 0 Å². The Balaban J connectivity index is 4.85. The van der Waals surface area contributed by atoms with Crippen molar-refractivity contribution in [1.29, 1.82) is 0 Å². The SMILES string of the molecule is CCC(C)C(NC(=O)N(CC(N)=O)C(C)C)C(=O)O. The molecule has 0 aromatic rings. The van der Waals surface area contributed by atoms with Crippen molar-refractivity contribution in [2.75, 3.05) is 6.54 Å². The normalized spacial score (nSPS) is 13.7. The van der Waals surface area contributed by atoms with Crippen LogP contribution in [0.2, 0.25) is 0 Å². The van der Waals surface area contributed by atoms with E-state index in [1.54, 1.807) is 20.8 Å². The summed E-state index contributed by atoms with van der Waals surface area (Å²) in [5.74, 6) is -1.94. The van der Waals surface area contributed by atoms with Gasteiger partial charge < -0.3 is 21.1 Å². The molecule has 0 aliphatic carbocycles. The van der Waals surface area contributed by atoms with Crippen molar-refractivity contribution < 1.29 is 19.5 Å². The molecule has 0 radical (unpaired) electrons. The summed E-state index contributed by atoms with van der Waals surface area (Å²) in [7, 11) is 0. The lowest BCUT2D eigenvalue weighted by Gasteiger charge is -2.28. The molecule has 0 bridgehead atoms. The van der Waals surface area contributed by atoms with E-state index < -0.39 is 23.9 Å². The molecule has 3 amide bonds. The average Bonchev–Trinajstić information content (AvgIpc) is 2.30. The minimum absolute atomic E-state index is 0.205. The predicted octanol–water partition coefficient (Wildman–Crippen LogP) is 0.391. The average molecular weight is 273 g/mol. The predicted molar refractivity (Wildman–Crippen MR) is 70.4 cm³/mol. The van der Waals surface area contributed by atoms with Gasteiger partial charge in [-0.25, -0.2) is 9.59 Å². The molecule has 0 saturated heterocycles. The van der Waals surface area contributed by atoms with Crippen LogP contribution in [0.5, 0.6) is 0 Å². The number of carbonyl (C=O) groups excluding carboxylic acids is 2. The number of primary amides is 1. The first kappa shape index (κ1) is 17.2. The number of carbonyl (C=O) groups is 3. The molecule has 0 aromatic carbocycles. The highest BCUT2D eigenvalue weighted by molar-refractivity contribution is 5.86. The standard InChI is InChI=1S/C12H23N3O4/c1-5-8(4)10(11(17)18)14-12(19)15(7(2)3)6-9(13)16/h7-8,10H,5-6H2,1-4H3,(H2,13,16)(H,14,19)(H,17,18). The third-order valence-corrected chi connectivity index (χ3v) is 2.97. The number of urea groups is 1. The molecule has 0 aliphatic heterocycles. The number of carboxylic acids is 1. The highest BCUT2D eigenvalue weighted by Gasteiger charge is 2.28. The summed E-state index contributed by atoms with van der Waals surface area (Å²) >= 11 is 0. The number of amides is 3. The molecular formula is C12H23N3O4. The molecule has 0 aromatic heterocycles. The first-order valence-corrected chi connectivity index (χ1v) is 6.28. The maximum absolute atomic E-state index is 12.0. The molecule has 19 heavy (non-hydrogen) atoms. The molecule has 0 heterocycles. The number of carboxylic acid groups (broad SMARTS) is 1. The van der Waals surface area contributed by atoms with E-state index in [4.69, 9.17) is 10.8 Å². The van der Waals surface area contributed by atoms with Gasteiger partial charge in [0.2, 0.25) is 5.91 Å². The van der Waals surface area contributed by atoms with E-state index in [1.807, 2.05) is 6.92 Å². The minimum Gasteiger partial charge on any atom is -0.480 e. The zero-order valence-corrected chi connectivity index (χ0v) is 11.8. The van der Waals surface area contributed by atoms with Crippen LogP contribution >= 0.6 is 0 Å². The van der Waals surface area contributed by atoms with Crippen molar-refractivity contribution in [2.24, 2.45) is 11.7 Å². The summed E-state index contributed by atoms with van der Waals surface area (Å²) in [4.78, 5) is 35.2. The molecule has 0 rings (SSSR count). The number of aliphatic carboxylic acids is 1. The Morgan fingerprint density at radius 2 is 1.79 bits per heavy atom. The maximum atomic E-state index is 12.0. The monoisotopic (exact) mass is 273 g/mol. The Hall–Kier alpha value is -1.79. The molecule has 7 nitrogen and oxygen atoms in total. The van der Waals surface area contributed by atoms with Crippen LogP contribution in [0.1, 0.15) is 34.1 Å². The van der Waals surface area contributed by atoms with Crippen molar-refractivity contribution in [3.8, 4) is 0 Å². The van der Waals surface area contributed by atoms with E-state index in [2.05, 4.69) is 5.32 Å². The lowest BCUT2D eigenvalue weighted by Crippen LogP contribution is -2.54. The van der Waals surface area contributed by atoms with Gasteiger partial charge in [-0.1, -0.05) is 20.3 Å². The van der Waals surface area contributed by atoms with Gasteiger partial charge in [-0.05, 0) is 19.8 Å². The molecule has 7 heteroatoms. The zero-order valence-electron chi connectivity index (χ0n) is 11.8. The smallest absolute Gasteiger partial charge is 0.326 e.